The first-order valence-electron chi connectivity index (χ1n) is 6.09. The molecule has 0 radical (unpaired) electrons. The lowest BCUT2D eigenvalue weighted by atomic mass is 9.88. The van der Waals surface area contributed by atoms with Gasteiger partial charge in [0, 0.05) is 18.3 Å². The second-order valence-electron chi connectivity index (χ2n) is 4.72. The predicted molar refractivity (Wildman–Crippen MR) is 66.3 cm³/mol. The number of nitrogens with one attached hydrogen (secondary N) is 2. The molecule has 2 rings (SSSR count). The second kappa shape index (κ2) is 5.27. The number of rotatable bonds is 4. The topological polar surface area (TPSA) is 54.0 Å². The van der Waals surface area contributed by atoms with E-state index in [1.165, 1.54) is 0 Å². The van der Waals surface area contributed by atoms with Crippen LogP contribution in [0, 0.1) is 11.8 Å². The van der Waals surface area contributed by atoms with Crippen molar-refractivity contribution in [2.75, 3.05) is 13.1 Å². The van der Waals surface area contributed by atoms with E-state index >= 15 is 0 Å². The molecule has 0 saturated carbocycles. The maximum Gasteiger partial charge on any atom is 0.223 e. The molecule has 0 bridgehead atoms. The lowest BCUT2D eigenvalue weighted by molar-refractivity contribution is -0.127. The van der Waals surface area contributed by atoms with Gasteiger partial charge < -0.3 is 10.6 Å². The first-order valence-corrected chi connectivity index (χ1v) is 6.09. The quantitative estimate of drug-likeness (QED) is 0.819. The van der Waals surface area contributed by atoms with Gasteiger partial charge in [0.05, 0.1) is 6.04 Å². The summed E-state index contributed by atoms with van der Waals surface area (Å²) in [6.45, 7) is 5.91. The van der Waals surface area contributed by atoms with E-state index in [1.807, 2.05) is 26.0 Å². The summed E-state index contributed by atoms with van der Waals surface area (Å²) in [5.41, 5.74) is 1.09. The maximum absolute atomic E-state index is 12.0. The molecule has 4 nitrogen and oxygen atoms in total. The first-order chi connectivity index (χ1) is 8.18. The highest BCUT2D eigenvalue weighted by Gasteiger charge is 2.29. The maximum atomic E-state index is 12.0. The van der Waals surface area contributed by atoms with Crippen molar-refractivity contribution in [1.29, 1.82) is 0 Å². The van der Waals surface area contributed by atoms with Gasteiger partial charge in [-0.3, -0.25) is 9.78 Å². The van der Waals surface area contributed by atoms with Gasteiger partial charge in [-0.25, -0.2) is 0 Å². The SMILES string of the molecule is CC(C(=O)N[C@@H](C)c1ccncc1)C1CNC1. The van der Waals surface area contributed by atoms with Crippen LogP contribution >= 0.6 is 0 Å². The van der Waals surface area contributed by atoms with Crippen molar-refractivity contribution in [2.45, 2.75) is 19.9 Å². The van der Waals surface area contributed by atoms with Gasteiger partial charge in [0.2, 0.25) is 5.91 Å². The van der Waals surface area contributed by atoms with Crippen LogP contribution in [-0.2, 0) is 4.79 Å². The fourth-order valence-corrected chi connectivity index (χ4v) is 1.96. The third-order valence-corrected chi connectivity index (χ3v) is 3.50. The summed E-state index contributed by atoms with van der Waals surface area (Å²) < 4.78 is 0. The number of amides is 1. The van der Waals surface area contributed by atoms with Crippen LogP contribution in [0.15, 0.2) is 24.5 Å². The van der Waals surface area contributed by atoms with Crippen LogP contribution < -0.4 is 10.6 Å². The summed E-state index contributed by atoms with van der Waals surface area (Å²) in [5.74, 6) is 0.709. The van der Waals surface area contributed by atoms with Crippen LogP contribution in [-0.4, -0.2) is 24.0 Å². The van der Waals surface area contributed by atoms with E-state index in [0.717, 1.165) is 18.7 Å². The van der Waals surface area contributed by atoms with Crippen LogP contribution in [0.2, 0.25) is 0 Å². The molecule has 0 aromatic carbocycles. The fraction of sp³-hybridized carbons (Fsp3) is 0.538. The summed E-state index contributed by atoms with van der Waals surface area (Å²) >= 11 is 0. The summed E-state index contributed by atoms with van der Waals surface area (Å²) in [6.07, 6.45) is 3.49. The standard InChI is InChI=1S/C13H19N3O/c1-9(12-7-15-8-12)13(17)16-10(2)11-3-5-14-6-4-11/h3-6,9-10,12,15H,7-8H2,1-2H3,(H,16,17)/t9?,10-/m0/s1. The van der Waals surface area contributed by atoms with Crippen LogP contribution in [0.3, 0.4) is 0 Å². The van der Waals surface area contributed by atoms with Gasteiger partial charge in [0.1, 0.15) is 0 Å². The van der Waals surface area contributed by atoms with E-state index in [2.05, 4.69) is 15.6 Å². The number of aromatic nitrogens is 1. The molecule has 1 amide bonds. The molecular formula is C13H19N3O. The number of carbonyl (C=O) groups is 1. The Morgan fingerprint density at radius 1 is 1.41 bits per heavy atom. The zero-order valence-electron chi connectivity index (χ0n) is 10.3. The lowest BCUT2D eigenvalue weighted by Crippen LogP contribution is -2.49. The largest absolute Gasteiger partial charge is 0.349 e. The molecule has 1 aliphatic rings. The molecule has 1 fully saturated rings. The van der Waals surface area contributed by atoms with Gasteiger partial charge in [-0.1, -0.05) is 6.92 Å². The molecule has 2 N–H and O–H groups in total. The van der Waals surface area contributed by atoms with E-state index in [0.29, 0.717) is 5.92 Å². The lowest BCUT2D eigenvalue weighted by Gasteiger charge is -2.32. The Morgan fingerprint density at radius 2 is 2.06 bits per heavy atom. The zero-order valence-corrected chi connectivity index (χ0v) is 10.3. The molecule has 0 spiro atoms. The Bertz CT molecular complexity index is 376. The number of hydrogen-bond donors (Lipinski definition) is 2. The van der Waals surface area contributed by atoms with E-state index < -0.39 is 0 Å². The Balaban J connectivity index is 1.89. The molecule has 4 heteroatoms. The van der Waals surface area contributed by atoms with Gasteiger partial charge in [-0.2, -0.15) is 0 Å². The predicted octanol–water partition coefficient (Wildman–Crippen LogP) is 1.11. The smallest absolute Gasteiger partial charge is 0.223 e. The molecule has 1 aromatic rings. The monoisotopic (exact) mass is 233 g/mol. The van der Waals surface area contributed by atoms with E-state index in [1.54, 1.807) is 12.4 Å². The molecular weight excluding hydrogens is 214 g/mol. The highest BCUT2D eigenvalue weighted by atomic mass is 16.1. The van der Waals surface area contributed by atoms with Gasteiger partial charge >= 0.3 is 0 Å². The van der Waals surface area contributed by atoms with Crippen LogP contribution in [0.25, 0.3) is 0 Å². The number of pyridine rings is 1. The third kappa shape index (κ3) is 2.82. The summed E-state index contributed by atoms with van der Waals surface area (Å²) in [4.78, 5) is 16.0. The number of hydrogen-bond acceptors (Lipinski definition) is 3. The molecule has 1 aromatic heterocycles. The Kier molecular flexibility index (Phi) is 3.74. The summed E-state index contributed by atoms with van der Waals surface area (Å²) in [6, 6.07) is 3.90. The summed E-state index contributed by atoms with van der Waals surface area (Å²) in [7, 11) is 0. The normalized spacial score (nSPS) is 19.2. The number of nitrogens with zero attached hydrogens (tertiary/aromatic N) is 1. The van der Waals surface area contributed by atoms with Gasteiger partial charge in [-0.15, -0.1) is 0 Å². The van der Waals surface area contributed by atoms with Crippen LogP contribution in [0.1, 0.15) is 25.5 Å². The van der Waals surface area contributed by atoms with Crippen LogP contribution in [0.5, 0.6) is 0 Å². The highest BCUT2D eigenvalue weighted by Crippen LogP contribution is 2.18. The molecule has 2 heterocycles. The Morgan fingerprint density at radius 3 is 2.59 bits per heavy atom. The zero-order chi connectivity index (χ0) is 12.3. The van der Waals surface area contributed by atoms with Crippen molar-refractivity contribution in [1.82, 2.24) is 15.6 Å². The van der Waals surface area contributed by atoms with Crippen molar-refractivity contribution in [2.24, 2.45) is 11.8 Å². The van der Waals surface area contributed by atoms with E-state index in [4.69, 9.17) is 0 Å². The van der Waals surface area contributed by atoms with Gasteiger partial charge in [0.25, 0.3) is 0 Å². The molecule has 0 aliphatic carbocycles. The third-order valence-electron chi connectivity index (χ3n) is 3.50. The van der Waals surface area contributed by atoms with Crippen molar-refractivity contribution >= 4 is 5.91 Å². The molecule has 1 unspecified atom stereocenters. The molecule has 17 heavy (non-hydrogen) atoms. The van der Waals surface area contributed by atoms with E-state index in [9.17, 15) is 4.79 Å². The van der Waals surface area contributed by atoms with Gasteiger partial charge in [-0.05, 0) is 43.6 Å². The van der Waals surface area contributed by atoms with Crippen molar-refractivity contribution in [3.8, 4) is 0 Å². The second-order valence-corrected chi connectivity index (χ2v) is 4.72. The Hall–Kier alpha value is -1.42. The Labute approximate surface area is 102 Å². The molecule has 92 valence electrons. The van der Waals surface area contributed by atoms with Gasteiger partial charge in [0.15, 0.2) is 0 Å². The van der Waals surface area contributed by atoms with Crippen molar-refractivity contribution < 1.29 is 4.79 Å². The van der Waals surface area contributed by atoms with Crippen molar-refractivity contribution in [3.05, 3.63) is 30.1 Å². The fourth-order valence-electron chi connectivity index (χ4n) is 1.96. The molecule has 1 saturated heterocycles. The minimum Gasteiger partial charge on any atom is -0.349 e. The van der Waals surface area contributed by atoms with Crippen molar-refractivity contribution in [3.63, 3.8) is 0 Å². The molecule has 1 aliphatic heterocycles. The van der Waals surface area contributed by atoms with E-state index in [-0.39, 0.29) is 17.9 Å². The average Bonchev–Trinajstić information content (AvgIpc) is 2.27. The minimum atomic E-state index is 0.0426. The highest BCUT2D eigenvalue weighted by molar-refractivity contribution is 5.79. The average molecular weight is 233 g/mol. The summed E-state index contributed by atoms with van der Waals surface area (Å²) in [5, 5.41) is 6.24. The first kappa shape index (κ1) is 12.0. The molecule has 2 atom stereocenters. The number of carbonyl (C=O) groups excluding carboxylic acids is 1. The van der Waals surface area contributed by atoms with Crippen LogP contribution in [0.4, 0.5) is 0 Å². The minimum absolute atomic E-state index is 0.0426.